The number of ether oxygens (including phenoxy) is 1. The molecule has 5 heteroatoms. The van der Waals surface area contributed by atoms with Crippen molar-refractivity contribution in [3.8, 4) is 5.75 Å². The fourth-order valence-electron chi connectivity index (χ4n) is 3.68. The van der Waals surface area contributed by atoms with Gasteiger partial charge in [-0.25, -0.2) is 0 Å². The molecule has 1 amide bonds. The number of hydrogen-bond acceptors (Lipinski definition) is 4. The molecule has 0 atom stereocenters. The van der Waals surface area contributed by atoms with Crippen molar-refractivity contribution in [2.75, 3.05) is 39.8 Å². The van der Waals surface area contributed by atoms with Crippen LogP contribution in [0.2, 0.25) is 0 Å². The number of nitrogens with zero attached hydrogens (tertiary/aromatic N) is 2. The molecule has 1 heterocycles. The Balaban J connectivity index is 1.39. The van der Waals surface area contributed by atoms with Gasteiger partial charge < -0.3 is 10.1 Å². The number of hydrogen-bond donors (Lipinski definition) is 1. The second-order valence-corrected chi connectivity index (χ2v) is 6.95. The number of carbonyl (C=O) groups excluding carboxylic acids is 1. The van der Waals surface area contributed by atoms with Gasteiger partial charge in [-0.15, -0.1) is 0 Å². The number of methoxy groups -OCH3 is 1. The predicted octanol–water partition coefficient (Wildman–Crippen LogP) is 1.87. The Morgan fingerprint density at radius 2 is 1.88 bits per heavy atom. The van der Waals surface area contributed by atoms with E-state index in [-0.39, 0.29) is 5.91 Å². The SMILES string of the molecule is COc1cccc(CN2CCN(CC(=O)NC3CCCC3)CC2)c1. The minimum absolute atomic E-state index is 0.197. The van der Waals surface area contributed by atoms with E-state index < -0.39 is 0 Å². The van der Waals surface area contributed by atoms with Crippen LogP contribution in [-0.2, 0) is 11.3 Å². The lowest BCUT2D eigenvalue weighted by Gasteiger charge is -2.34. The molecule has 2 aliphatic rings. The lowest BCUT2D eigenvalue weighted by Crippen LogP contribution is -2.50. The summed E-state index contributed by atoms with van der Waals surface area (Å²) in [6, 6.07) is 8.68. The molecule has 5 nitrogen and oxygen atoms in total. The zero-order chi connectivity index (χ0) is 16.8. The Morgan fingerprint density at radius 1 is 1.17 bits per heavy atom. The van der Waals surface area contributed by atoms with Gasteiger partial charge >= 0.3 is 0 Å². The summed E-state index contributed by atoms with van der Waals surface area (Å²) >= 11 is 0. The van der Waals surface area contributed by atoms with Crippen molar-refractivity contribution in [3.63, 3.8) is 0 Å². The van der Waals surface area contributed by atoms with Crippen molar-refractivity contribution in [2.24, 2.45) is 0 Å². The quantitative estimate of drug-likeness (QED) is 0.864. The number of amides is 1. The first-order chi connectivity index (χ1) is 11.7. The van der Waals surface area contributed by atoms with Gasteiger partial charge in [-0.1, -0.05) is 25.0 Å². The number of carbonyl (C=O) groups is 1. The first-order valence-electron chi connectivity index (χ1n) is 9.10. The topological polar surface area (TPSA) is 44.8 Å². The first kappa shape index (κ1) is 17.2. The highest BCUT2D eigenvalue weighted by Crippen LogP contribution is 2.18. The summed E-state index contributed by atoms with van der Waals surface area (Å²) in [5.41, 5.74) is 1.28. The van der Waals surface area contributed by atoms with Gasteiger partial charge in [0.25, 0.3) is 0 Å². The van der Waals surface area contributed by atoms with Crippen molar-refractivity contribution in [1.82, 2.24) is 15.1 Å². The average molecular weight is 331 g/mol. The zero-order valence-corrected chi connectivity index (χ0v) is 14.7. The highest BCUT2D eigenvalue weighted by Gasteiger charge is 2.21. The second-order valence-electron chi connectivity index (χ2n) is 6.95. The van der Waals surface area contributed by atoms with Gasteiger partial charge in [0.2, 0.25) is 5.91 Å². The van der Waals surface area contributed by atoms with E-state index in [1.807, 2.05) is 12.1 Å². The molecule has 0 radical (unpaired) electrons. The third-order valence-corrected chi connectivity index (χ3v) is 5.09. The number of benzene rings is 1. The van der Waals surface area contributed by atoms with Crippen molar-refractivity contribution < 1.29 is 9.53 Å². The molecule has 24 heavy (non-hydrogen) atoms. The fraction of sp³-hybridized carbons (Fsp3) is 0.632. The highest BCUT2D eigenvalue weighted by molar-refractivity contribution is 5.78. The molecule has 1 aliphatic carbocycles. The average Bonchev–Trinajstić information content (AvgIpc) is 3.09. The van der Waals surface area contributed by atoms with Crippen LogP contribution in [0.3, 0.4) is 0 Å². The van der Waals surface area contributed by atoms with Gasteiger partial charge in [-0.2, -0.15) is 0 Å². The molecule has 2 fully saturated rings. The molecule has 3 rings (SSSR count). The van der Waals surface area contributed by atoms with E-state index in [1.54, 1.807) is 7.11 Å². The van der Waals surface area contributed by atoms with Crippen LogP contribution in [0, 0.1) is 0 Å². The molecule has 0 spiro atoms. The first-order valence-corrected chi connectivity index (χ1v) is 9.10. The number of piperazine rings is 1. The molecule has 0 bridgehead atoms. The summed E-state index contributed by atoms with van der Waals surface area (Å²) in [6.07, 6.45) is 4.82. The maximum absolute atomic E-state index is 12.1. The summed E-state index contributed by atoms with van der Waals surface area (Å²) < 4.78 is 5.29. The smallest absolute Gasteiger partial charge is 0.234 e. The predicted molar refractivity (Wildman–Crippen MR) is 95.1 cm³/mol. The van der Waals surface area contributed by atoms with Crippen LogP contribution in [0.1, 0.15) is 31.2 Å². The molecule has 1 saturated heterocycles. The van der Waals surface area contributed by atoms with Crippen LogP contribution >= 0.6 is 0 Å². The summed E-state index contributed by atoms with van der Waals surface area (Å²) in [7, 11) is 1.70. The largest absolute Gasteiger partial charge is 0.497 e. The van der Waals surface area contributed by atoms with E-state index in [1.165, 1.54) is 18.4 Å². The van der Waals surface area contributed by atoms with Gasteiger partial charge in [0, 0.05) is 38.8 Å². The van der Waals surface area contributed by atoms with E-state index in [4.69, 9.17) is 4.74 Å². The maximum atomic E-state index is 12.1. The van der Waals surface area contributed by atoms with Gasteiger partial charge in [-0.3, -0.25) is 14.6 Å². The standard InChI is InChI=1S/C19H29N3O2/c1-24-18-8-4-5-16(13-18)14-21-9-11-22(12-10-21)15-19(23)20-17-6-2-3-7-17/h4-5,8,13,17H,2-3,6-7,9-12,14-15H2,1H3,(H,20,23). The fourth-order valence-corrected chi connectivity index (χ4v) is 3.68. The molecule has 0 unspecified atom stereocenters. The van der Waals surface area contributed by atoms with Crippen LogP contribution < -0.4 is 10.1 Å². The monoisotopic (exact) mass is 331 g/mol. The van der Waals surface area contributed by atoms with Crippen LogP contribution in [0.15, 0.2) is 24.3 Å². The van der Waals surface area contributed by atoms with Crippen molar-refractivity contribution in [1.29, 1.82) is 0 Å². The molecule has 132 valence electrons. The van der Waals surface area contributed by atoms with E-state index in [0.29, 0.717) is 12.6 Å². The van der Waals surface area contributed by atoms with Gasteiger partial charge in [0.05, 0.1) is 13.7 Å². The van der Waals surface area contributed by atoms with E-state index in [9.17, 15) is 4.79 Å². The number of rotatable bonds is 6. The molecule has 1 aromatic rings. The molecule has 1 aromatic carbocycles. The highest BCUT2D eigenvalue weighted by atomic mass is 16.5. The Bertz CT molecular complexity index is 535. The normalized spacial score (nSPS) is 20.2. The van der Waals surface area contributed by atoms with Crippen molar-refractivity contribution in [2.45, 2.75) is 38.3 Å². The lowest BCUT2D eigenvalue weighted by molar-refractivity contribution is -0.123. The van der Waals surface area contributed by atoms with Gasteiger partial charge in [-0.05, 0) is 30.5 Å². The summed E-state index contributed by atoms with van der Waals surface area (Å²) in [4.78, 5) is 16.8. The molecule has 1 aliphatic heterocycles. The van der Waals surface area contributed by atoms with E-state index in [0.717, 1.165) is 51.3 Å². The Morgan fingerprint density at radius 3 is 2.58 bits per heavy atom. The third kappa shape index (κ3) is 4.95. The minimum Gasteiger partial charge on any atom is -0.497 e. The second kappa shape index (κ2) is 8.49. The number of nitrogens with one attached hydrogen (secondary N) is 1. The maximum Gasteiger partial charge on any atom is 0.234 e. The Hall–Kier alpha value is -1.59. The molecular weight excluding hydrogens is 302 g/mol. The summed E-state index contributed by atoms with van der Waals surface area (Å²) in [5.74, 6) is 1.11. The lowest BCUT2D eigenvalue weighted by atomic mass is 10.2. The molecule has 0 aromatic heterocycles. The van der Waals surface area contributed by atoms with Crippen LogP contribution in [0.4, 0.5) is 0 Å². The molecule has 1 N–H and O–H groups in total. The Kier molecular flexibility index (Phi) is 6.10. The van der Waals surface area contributed by atoms with Gasteiger partial charge in [0.1, 0.15) is 5.75 Å². The van der Waals surface area contributed by atoms with Crippen molar-refractivity contribution >= 4 is 5.91 Å². The third-order valence-electron chi connectivity index (χ3n) is 5.09. The van der Waals surface area contributed by atoms with Gasteiger partial charge in [0.15, 0.2) is 0 Å². The Labute approximate surface area is 145 Å². The van der Waals surface area contributed by atoms with Crippen molar-refractivity contribution in [3.05, 3.63) is 29.8 Å². The summed E-state index contributed by atoms with van der Waals surface area (Å²) in [5, 5.41) is 3.18. The van der Waals surface area contributed by atoms with E-state index in [2.05, 4.69) is 27.2 Å². The minimum atomic E-state index is 0.197. The zero-order valence-electron chi connectivity index (χ0n) is 14.7. The van der Waals surface area contributed by atoms with Crippen LogP contribution in [-0.4, -0.2) is 61.6 Å². The van der Waals surface area contributed by atoms with Crippen LogP contribution in [0.5, 0.6) is 5.75 Å². The summed E-state index contributed by atoms with van der Waals surface area (Å²) in [6.45, 7) is 5.43. The van der Waals surface area contributed by atoms with E-state index >= 15 is 0 Å². The molecule has 1 saturated carbocycles. The molecular formula is C19H29N3O2. The van der Waals surface area contributed by atoms with Crippen LogP contribution in [0.25, 0.3) is 0 Å².